The predicted molar refractivity (Wildman–Crippen MR) is 153 cm³/mol. The smallest absolute Gasteiger partial charge is 0.308 e. The second-order valence-electron chi connectivity index (χ2n) is 12.2. The lowest BCUT2D eigenvalue weighted by atomic mass is 9.79. The van der Waals surface area contributed by atoms with E-state index in [-0.39, 0.29) is 54.8 Å². The van der Waals surface area contributed by atoms with Crippen LogP contribution in [-0.2, 0) is 23.8 Å². The van der Waals surface area contributed by atoms with Crippen molar-refractivity contribution in [3.05, 3.63) is 23.8 Å². The van der Waals surface area contributed by atoms with Crippen LogP contribution in [-0.4, -0.2) is 95.5 Å². The van der Waals surface area contributed by atoms with E-state index in [4.69, 9.17) is 14.2 Å². The summed E-state index contributed by atoms with van der Waals surface area (Å²) in [6.45, 7) is 11.2. The lowest BCUT2D eigenvalue weighted by Gasteiger charge is -2.44. The molecule has 9 heteroatoms. The lowest BCUT2D eigenvalue weighted by molar-refractivity contribution is -0.283. The highest BCUT2D eigenvalue weighted by atomic mass is 16.7. The molecule has 0 spiro atoms. The summed E-state index contributed by atoms with van der Waals surface area (Å²) < 4.78 is 18.3. The van der Waals surface area contributed by atoms with Gasteiger partial charge in [0.1, 0.15) is 12.2 Å². The van der Waals surface area contributed by atoms with Crippen molar-refractivity contribution < 1.29 is 39.1 Å². The van der Waals surface area contributed by atoms with Gasteiger partial charge in [0.25, 0.3) is 0 Å². The highest BCUT2D eigenvalue weighted by molar-refractivity contribution is 5.91. The van der Waals surface area contributed by atoms with E-state index < -0.39 is 36.5 Å². The zero-order valence-corrected chi connectivity index (χ0v) is 25.7. The fourth-order valence-corrected chi connectivity index (χ4v) is 5.94. The fourth-order valence-electron chi connectivity index (χ4n) is 5.94. The molecular formula is C31H53NO8. The van der Waals surface area contributed by atoms with Gasteiger partial charge in [-0.05, 0) is 65.6 Å². The number of carbonyl (C=O) groups is 2. The average Bonchev–Trinajstić information content (AvgIpc) is 2.88. The number of ether oxygens (including phenoxy) is 3. The van der Waals surface area contributed by atoms with E-state index in [1.165, 1.54) is 0 Å². The van der Waals surface area contributed by atoms with Crippen LogP contribution in [0.25, 0.3) is 0 Å². The van der Waals surface area contributed by atoms with Crippen LogP contribution < -0.4 is 0 Å². The van der Waals surface area contributed by atoms with Crippen molar-refractivity contribution in [2.24, 2.45) is 23.7 Å². The van der Waals surface area contributed by atoms with Crippen LogP contribution in [0, 0.1) is 23.7 Å². The molecule has 2 aliphatic rings. The summed E-state index contributed by atoms with van der Waals surface area (Å²) in [4.78, 5) is 28.0. The van der Waals surface area contributed by atoms with Crippen molar-refractivity contribution in [1.82, 2.24) is 4.90 Å². The molecule has 1 saturated heterocycles. The van der Waals surface area contributed by atoms with E-state index in [1.54, 1.807) is 19.1 Å². The summed E-state index contributed by atoms with van der Waals surface area (Å²) >= 11 is 0. The van der Waals surface area contributed by atoms with Crippen LogP contribution in [0.2, 0.25) is 0 Å². The van der Waals surface area contributed by atoms with Crippen LogP contribution in [0.5, 0.6) is 0 Å². The van der Waals surface area contributed by atoms with Gasteiger partial charge in [-0.3, -0.25) is 9.59 Å². The van der Waals surface area contributed by atoms with Gasteiger partial charge in [-0.1, -0.05) is 45.4 Å². The Labute approximate surface area is 240 Å². The molecule has 0 aromatic heterocycles. The molecule has 11 atom stereocenters. The monoisotopic (exact) mass is 567 g/mol. The Hall–Kier alpha value is -1.62. The molecule has 0 radical (unpaired) electrons. The van der Waals surface area contributed by atoms with E-state index in [2.05, 4.69) is 0 Å². The van der Waals surface area contributed by atoms with Crippen LogP contribution in [0.4, 0.5) is 0 Å². The van der Waals surface area contributed by atoms with Crippen molar-refractivity contribution in [3.63, 3.8) is 0 Å². The molecular weight excluding hydrogens is 514 g/mol. The molecule has 0 amide bonds. The number of rotatable bonds is 6. The molecule has 0 aliphatic carbocycles. The van der Waals surface area contributed by atoms with E-state index >= 15 is 0 Å². The Morgan fingerprint density at radius 3 is 2.35 bits per heavy atom. The van der Waals surface area contributed by atoms with Crippen LogP contribution in [0.1, 0.15) is 73.6 Å². The number of aliphatic hydroxyl groups is 3. The third-order valence-corrected chi connectivity index (χ3v) is 8.48. The number of hydrogen-bond acceptors (Lipinski definition) is 9. The van der Waals surface area contributed by atoms with E-state index in [9.17, 15) is 24.9 Å². The molecule has 0 aromatic rings. The Morgan fingerprint density at radius 2 is 1.75 bits per heavy atom. The lowest BCUT2D eigenvalue weighted by Crippen LogP contribution is -2.56. The average molecular weight is 568 g/mol. The largest absolute Gasteiger partial charge is 0.462 e. The van der Waals surface area contributed by atoms with Crippen LogP contribution >= 0.6 is 0 Å². The zero-order chi connectivity index (χ0) is 30.1. The second-order valence-corrected chi connectivity index (χ2v) is 12.2. The maximum atomic E-state index is 13.1. The topological polar surface area (TPSA) is 126 Å². The van der Waals surface area contributed by atoms with Crippen molar-refractivity contribution in [2.75, 3.05) is 20.7 Å². The molecule has 11 unspecified atom stereocenters. The summed E-state index contributed by atoms with van der Waals surface area (Å²) in [7, 11) is 3.79. The van der Waals surface area contributed by atoms with Gasteiger partial charge in [0.05, 0.1) is 24.7 Å². The third kappa shape index (κ3) is 9.74. The van der Waals surface area contributed by atoms with Gasteiger partial charge < -0.3 is 34.4 Å². The van der Waals surface area contributed by atoms with Crippen molar-refractivity contribution in [1.29, 1.82) is 0 Å². The van der Waals surface area contributed by atoms with Gasteiger partial charge in [0, 0.05) is 30.4 Å². The van der Waals surface area contributed by atoms with Crippen molar-refractivity contribution in [2.45, 2.75) is 116 Å². The van der Waals surface area contributed by atoms with Crippen LogP contribution in [0.3, 0.4) is 0 Å². The van der Waals surface area contributed by atoms with E-state index in [1.807, 2.05) is 59.7 Å². The molecule has 0 aromatic carbocycles. The Morgan fingerprint density at radius 1 is 1.07 bits per heavy atom. The summed E-state index contributed by atoms with van der Waals surface area (Å²) in [6.07, 6.45) is 2.78. The first-order valence-electron chi connectivity index (χ1n) is 14.8. The Bertz CT molecular complexity index is 873. The third-order valence-electron chi connectivity index (χ3n) is 8.48. The zero-order valence-electron chi connectivity index (χ0n) is 25.7. The quantitative estimate of drug-likeness (QED) is 0.415. The predicted octanol–water partition coefficient (Wildman–Crippen LogP) is 3.25. The Kier molecular flexibility index (Phi) is 13.9. The van der Waals surface area contributed by atoms with Gasteiger partial charge in [-0.25, -0.2) is 0 Å². The highest BCUT2D eigenvalue weighted by Gasteiger charge is 2.43. The molecule has 2 heterocycles. The first kappa shape index (κ1) is 34.6. The van der Waals surface area contributed by atoms with Crippen molar-refractivity contribution >= 4 is 11.8 Å². The summed E-state index contributed by atoms with van der Waals surface area (Å²) in [5, 5.41) is 32.4. The molecule has 0 saturated carbocycles. The highest BCUT2D eigenvalue weighted by Crippen LogP contribution is 2.34. The minimum Gasteiger partial charge on any atom is -0.462 e. The standard InChI is InChI=1S/C31H53NO8/c1-9-27-20(4)14-18(2)10-11-25(34)19(3)15-23(12-13-33)30(22(6)26(35)17-28(36)39-27)40-31-29(37)24(32(7)8)16-21(5)38-31/h10-11,14,19-24,26-27,29-31,33,35,37H,9,12-13,15-17H2,1-8H3. The number of ketones is 1. The second kappa shape index (κ2) is 16.1. The molecule has 1 fully saturated rings. The number of nitrogens with zero attached hydrogens (tertiary/aromatic N) is 1. The molecule has 230 valence electrons. The number of allylic oxidation sites excluding steroid dienone is 3. The number of carbonyl (C=O) groups excluding carboxylic acids is 2. The molecule has 2 rings (SSSR count). The van der Waals surface area contributed by atoms with Gasteiger partial charge in [-0.2, -0.15) is 0 Å². The maximum Gasteiger partial charge on any atom is 0.308 e. The molecule has 9 nitrogen and oxygen atoms in total. The first-order valence-corrected chi connectivity index (χ1v) is 14.8. The van der Waals surface area contributed by atoms with Gasteiger partial charge in [0.2, 0.25) is 0 Å². The summed E-state index contributed by atoms with van der Waals surface area (Å²) in [5.74, 6) is -1.92. The molecule has 3 N–H and O–H groups in total. The summed E-state index contributed by atoms with van der Waals surface area (Å²) in [5.41, 5.74) is 0.893. The first-order chi connectivity index (χ1) is 18.8. The molecule has 40 heavy (non-hydrogen) atoms. The number of cyclic esters (lactones) is 1. The van der Waals surface area contributed by atoms with Gasteiger partial charge in [0.15, 0.2) is 12.1 Å². The minimum absolute atomic E-state index is 0.0453. The normalized spacial score (nSPS) is 39.2. The SMILES string of the molecule is CCC1OC(=O)CC(O)C(C)C(OC2OC(C)CC(N(C)C)C2O)C(CCO)CC(C)C(=O)C=CC(C)=CC1C. The number of likely N-dealkylation sites (N-methyl/N-ethyl adjacent to an activating group) is 1. The number of esters is 1. The molecule has 0 bridgehead atoms. The van der Waals surface area contributed by atoms with E-state index in [0.717, 1.165) is 5.57 Å². The van der Waals surface area contributed by atoms with Crippen molar-refractivity contribution in [3.8, 4) is 0 Å². The van der Waals surface area contributed by atoms with E-state index in [0.29, 0.717) is 25.7 Å². The molecule has 2 aliphatic heterocycles. The number of aliphatic hydroxyl groups excluding tert-OH is 3. The van der Waals surface area contributed by atoms with Crippen LogP contribution in [0.15, 0.2) is 23.8 Å². The number of hydrogen-bond donors (Lipinski definition) is 3. The maximum absolute atomic E-state index is 13.1. The Balaban J connectivity index is 2.47. The summed E-state index contributed by atoms with van der Waals surface area (Å²) in [6, 6.07) is -0.193. The van der Waals surface area contributed by atoms with Gasteiger partial charge in [-0.15, -0.1) is 0 Å². The fraction of sp³-hybridized carbons (Fsp3) is 0.806. The minimum atomic E-state index is -1.11. The van der Waals surface area contributed by atoms with Gasteiger partial charge >= 0.3 is 5.97 Å².